The second-order valence-electron chi connectivity index (χ2n) is 5.17. The van der Waals surface area contributed by atoms with Crippen LogP contribution in [0.5, 0.6) is 0 Å². The van der Waals surface area contributed by atoms with Crippen LogP contribution in [0.25, 0.3) is 10.9 Å². The average molecular weight is 274 g/mol. The van der Waals surface area contributed by atoms with Crippen LogP contribution >= 0.6 is 0 Å². The molecule has 0 saturated heterocycles. The maximum Gasteiger partial charge on any atom is 0.225 e. The van der Waals surface area contributed by atoms with E-state index >= 15 is 0 Å². The minimum atomic E-state index is -0.0433. The largest absolute Gasteiger partial charge is 0.346 e. The number of nitrogens with two attached hydrogens (primary N) is 1. The van der Waals surface area contributed by atoms with Crippen LogP contribution in [0.4, 0.5) is 5.69 Å². The standard InChI is InChI=1S/C15H22N4O/c1-18(2)9-10-19-8-6-12-3-4-13(11-14(12)19)17-15(20)5-7-16/h3-4,6,8,11H,5,7,9-10,16H2,1-2H3,(H,17,20). The van der Waals surface area contributed by atoms with Crippen molar-refractivity contribution in [2.75, 3.05) is 32.5 Å². The van der Waals surface area contributed by atoms with Gasteiger partial charge >= 0.3 is 0 Å². The third-order valence-electron chi connectivity index (χ3n) is 3.22. The second-order valence-corrected chi connectivity index (χ2v) is 5.17. The minimum absolute atomic E-state index is 0.0433. The third-order valence-corrected chi connectivity index (χ3v) is 3.22. The van der Waals surface area contributed by atoms with E-state index in [-0.39, 0.29) is 5.91 Å². The predicted molar refractivity (Wildman–Crippen MR) is 82.8 cm³/mol. The number of fused-ring (bicyclic) bond motifs is 1. The zero-order valence-electron chi connectivity index (χ0n) is 12.1. The summed E-state index contributed by atoms with van der Waals surface area (Å²) >= 11 is 0. The number of amides is 1. The van der Waals surface area contributed by atoms with Crippen molar-refractivity contribution in [3.63, 3.8) is 0 Å². The molecule has 0 unspecified atom stereocenters. The van der Waals surface area contributed by atoms with Crippen molar-refractivity contribution < 1.29 is 4.79 Å². The average Bonchev–Trinajstić information content (AvgIpc) is 2.79. The van der Waals surface area contributed by atoms with E-state index in [0.717, 1.165) is 24.3 Å². The molecule has 0 spiro atoms. The molecule has 2 aromatic rings. The Hall–Kier alpha value is -1.85. The molecule has 0 bridgehead atoms. The number of hydrogen-bond acceptors (Lipinski definition) is 3. The summed E-state index contributed by atoms with van der Waals surface area (Å²) in [5, 5.41) is 4.06. The van der Waals surface area contributed by atoms with E-state index in [1.165, 1.54) is 5.39 Å². The van der Waals surface area contributed by atoms with E-state index in [2.05, 4.69) is 41.1 Å². The number of hydrogen-bond donors (Lipinski definition) is 2. The molecule has 5 nitrogen and oxygen atoms in total. The van der Waals surface area contributed by atoms with E-state index in [9.17, 15) is 4.79 Å². The third kappa shape index (κ3) is 3.59. The number of nitrogens with one attached hydrogen (secondary N) is 1. The Labute approximate surface area is 119 Å². The molecule has 0 aliphatic carbocycles. The first-order chi connectivity index (χ1) is 9.60. The number of carbonyl (C=O) groups excluding carboxylic acids is 1. The van der Waals surface area contributed by atoms with Gasteiger partial charge in [0, 0.05) is 37.9 Å². The van der Waals surface area contributed by atoms with Crippen LogP contribution in [0.2, 0.25) is 0 Å². The number of likely N-dealkylation sites (N-methyl/N-ethyl adjacent to an activating group) is 1. The summed E-state index contributed by atoms with van der Waals surface area (Å²) in [7, 11) is 4.12. The van der Waals surface area contributed by atoms with Gasteiger partial charge in [-0.25, -0.2) is 0 Å². The zero-order valence-corrected chi connectivity index (χ0v) is 12.1. The Kier molecular flexibility index (Phi) is 4.76. The van der Waals surface area contributed by atoms with Crippen molar-refractivity contribution in [3.05, 3.63) is 30.5 Å². The van der Waals surface area contributed by atoms with E-state index in [0.29, 0.717) is 13.0 Å². The lowest BCUT2D eigenvalue weighted by molar-refractivity contribution is -0.116. The van der Waals surface area contributed by atoms with Crippen LogP contribution in [-0.2, 0) is 11.3 Å². The van der Waals surface area contributed by atoms with Crippen LogP contribution in [0, 0.1) is 0 Å². The maximum absolute atomic E-state index is 11.6. The summed E-state index contributed by atoms with van der Waals surface area (Å²) < 4.78 is 2.20. The fraction of sp³-hybridized carbons (Fsp3) is 0.400. The maximum atomic E-state index is 11.6. The summed E-state index contributed by atoms with van der Waals surface area (Å²) in [5.41, 5.74) is 7.34. The summed E-state index contributed by atoms with van der Waals surface area (Å²) in [6, 6.07) is 8.06. The van der Waals surface area contributed by atoms with Gasteiger partial charge in [0.1, 0.15) is 0 Å². The quantitative estimate of drug-likeness (QED) is 0.839. The molecule has 0 aliphatic rings. The molecule has 5 heteroatoms. The first kappa shape index (κ1) is 14.6. The van der Waals surface area contributed by atoms with Gasteiger partial charge in [-0.1, -0.05) is 6.07 Å². The van der Waals surface area contributed by atoms with E-state index < -0.39 is 0 Å². The molecule has 0 aliphatic heterocycles. The number of aromatic nitrogens is 1. The summed E-state index contributed by atoms with van der Waals surface area (Å²) in [5.74, 6) is -0.0433. The molecular weight excluding hydrogens is 252 g/mol. The van der Waals surface area contributed by atoms with Gasteiger partial charge in [-0.3, -0.25) is 4.79 Å². The van der Waals surface area contributed by atoms with Crippen molar-refractivity contribution in [2.45, 2.75) is 13.0 Å². The van der Waals surface area contributed by atoms with Crippen molar-refractivity contribution in [1.29, 1.82) is 0 Å². The molecule has 1 amide bonds. The van der Waals surface area contributed by atoms with Gasteiger partial charge in [0.2, 0.25) is 5.91 Å². The molecule has 0 radical (unpaired) electrons. The van der Waals surface area contributed by atoms with Gasteiger partial charge in [-0.15, -0.1) is 0 Å². The number of rotatable bonds is 6. The van der Waals surface area contributed by atoms with E-state index in [1.54, 1.807) is 0 Å². The minimum Gasteiger partial charge on any atom is -0.346 e. The van der Waals surface area contributed by atoms with E-state index in [4.69, 9.17) is 5.73 Å². The molecular formula is C15H22N4O. The highest BCUT2D eigenvalue weighted by atomic mass is 16.1. The van der Waals surface area contributed by atoms with Crippen molar-refractivity contribution in [1.82, 2.24) is 9.47 Å². The van der Waals surface area contributed by atoms with Gasteiger partial charge in [0.15, 0.2) is 0 Å². The lowest BCUT2D eigenvalue weighted by Crippen LogP contribution is -2.18. The lowest BCUT2D eigenvalue weighted by atomic mass is 10.2. The van der Waals surface area contributed by atoms with Crippen LogP contribution in [0.3, 0.4) is 0 Å². The summed E-state index contributed by atoms with van der Waals surface area (Å²) in [4.78, 5) is 13.7. The predicted octanol–water partition coefficient (Wildman–Crippen LogP) is 1.49. The van der Waals surface area contributed by atoms with Gasteiger partial charge in [-0.05, 0) is 37.7 Å². The Morgan fingerprint density at radius 2 is 2.15 bits per heavy atom. The highest BCUT2D eigenvalue weighted by molar-refractivity contribution is 5.93. The van der Waals surface area contributed by atoms with Crippen LogP contribution < -0.4 is 11.1 Å². The van der Waals surface area contributed by atoms with Crippen LogP contribution in [-0.4, -0.2) is 42.6 Å². The molecule has 20 heavy (non-hydrogen) atoms. The Bertz CT molecular complexity index is 589. The molecule has 1 aromatic heterocycles. The van der Waals surface area contributed by atoms with Crippen LogP contribution in [0.1, 0.15) is 6.42 Å². The molecule has 3 N–H and O–H groups in total. The Morgan fingerprint density at radius 3 is 2.85 bits per heavy atom. The zero-order chi connectivity index (χ0) is 14.5. The number of nitrogens with zero attached hydrogens (tertiary/aromatic N) is 2. The number of carbonyl (C=O) groups is 1. The Balaban J connectivity index is 2.18. The summed E-state index contributed by atoms with van der Waals surface area (Å²) in [6.45, 7) is 2.28. The number of benzene rings is 1. The molecule has 0 saturated carbocycles. The van der Waals surface area contributed by atoms with Crippen molar-refractivity contribution in [3.8, 4) is 0 Å². The first-order valence-electron chi connectivity index (χ1n) is 6.83. The smallest absolute Gasteiger partial charge is 0.225 e. The van der Waals surface area contributed by atoms with Gasteiger partial charge in [0.05, 0.1) is 5.52 Å². The topological polar surface area (TPSA) is 63.3 Å². The highest BCUT2D eigenvalue weighted by Crippen LogP contribution is 2.20. The number of anilines is 1. The van der Waals surface area contributed by atoms with Gasteiger partial charge < -0.3 is 20.5 Å². The molecule has 1 aromatic carbocycles. The highest BCUT2D eigenvalue weighted by Gasteiger charge is 2.05. The first-order valence-corrected chi connectivity index (χ1v) is 6.83. The molecule has 108 valence electrons. The molecule has 2 rings (SSSR count). The monoisotopic (exact) mass is 274 g/mol. The second kappa shape index (κ2) is 6.54. The van der Waals surface area contributed by atoms with Gasteiger partial charge in [-0.2, -0.15) is 0 Å². The van der Waals surface area contributed by atoms with Crippen molar-refractivity contribution >= 4 is 22.5 Å². The van der Waals surface area contributed by atoms with E-state index in [1.807, 2.05) is 18.2 Å². The fourth-order valence-electron chi connectivity index (χ4n) is 2.12. The Morgan fingerprint density at radius 1 is 1.35 bits per heavy atom. The van der Waals surface area contributed by atoms with Crippen LogP contribution in [0.15, 0.2) is 30.5 Å². The van der Waals surface area contributed by atoms with Crippen molar-refractivity contribution in [2.24, 2.45) is 5.73 Å². The molecule has 0 fully saturated rings. The fourth-order valence-corrected chi connectivity index (χ4v) is 2.12. The summed E-state index contributed by atoms with van der Waals surface area (Å²) in [6.07, 6.45) is 2.43. The lowest BCUT2D eigenvalue weighted by Gasteiger charge is -2.12. The van der Waals surface area contributed by atoms with Gasteiger partial charge in [0.25, 0.3) is 0 Å². The normalized spacial score (nSPS) is 11.2. The molecule has 0 atom stereocenters. The molecule has 1 heterocycles. The SMILES string of the molecule is CN(C)CCn1ccc2ccc(NC(=O)CCN)cc21.